The van der Waals surface area contributed by atoms with Crippen LogP contribution in [0.25, 0.3) is 0 Å². The van der Waals surface area contributed by atoms with E-state index in [0.29, 0.717) is 13.0 Å². The van der Waals surface area contributed by atoms with Gasteiger partial charge in [-0.15, -0.1) is 0 Å². The smallest absolute Gasteiger partial charge is 0.240 e. The molecule has 4 heteroatoms. The maximum atomic E-state index is 13.6. The fourth-order valence-electron chi connectivity index (χ4n) is 4.93. The van der Waals surface area contributed by atoms with Crippen molar-refractivity contribution in [2.24, 2.45) is 0 Å². The summed E-state index contributed by atoms with van der Waals surface area (Å²) in [7, 11) is 0. The third-order valence-corrected chi connectivity index (χ3v) is 7.16. The molecule has 1 unspecified atom stereocenters. The Hall–Kier alpha value is -2.95. The third kappa shape index (κ3) is 8.04. The molecular formula is C32H41N3O. The lowest BCUT2D eigenvalue weighted by Crippen LogP contribution is -2.54. The van der Waals surface area contributed by atoms with Crippen molar-refractivity contribution in [1.82, 2.24) is 15.1 Å². The van der Waals surface area contributed by atoms with Crippen molar-refractivity contribution in [2.75, 3.05) is 26.2 Å². The van der Waals surface area contributed by atoms with Crippen LogP contribution < -0.4 is 5.32 Å². The first-order valence-electron chi connectivity index (χ1n) is 13.6. The normalized spacial score (nSPS) is 15.1. The Morgan fingerprint density at radius 2 is 1.36 bits per heavy atom. The molecule has 0 spiro atoms. The average molecular weight is 484 g/mol. The summed E-state index contributed by atoms with van der Waals surface area (Å²) in [5.41, 5.74) is 5.15. The summed E-state index contributed by atoms with van der Waals surface area (Å²) in [6.07, 6.45) is 5.64. The van der Waals surface area contributed by atoms with E-state index in [-0.39, 0.29) is 11.9 Å². The molecule has 1 aliphatic rings. The van der Waals surface area contributed by atoms with Gasteiger partial charge in [0.05, 0.1) is 6.04 Å². The van der Waals surface area contributed by atoms with Gasteiger partial charge in [0.25, 0.3) is 0 Å². The van der Waals surface area contributed by atoms with E-state index >= 15 is 0 Å². The van der Waals surface area contributed by atoms with Gasteiger partial charge in [0, 0.05) is 39.3 Å². The largest absolute Gasteiger partial charge is 0.339 e. The van der Waals surface area contributed by atoms with Crippen molar-refractivity contribution >= 4 is 5.91 Å². The van der Waals surface area contributed by atoms with Crippen molar-refractivity contribution in [3.05, 3.63) is 107 Å². The van der Waals surface area contributed by atoms with Crippen molar-refractivity contribution in [2.45, 2.75) is 58.2 Å². The molecule has 4 rings (SSSR count). The van der Waals surface area contributed by atoms with Crippen molar-refractivity contribution in [3.8, 4) is 0 Å². The predicted octanol–water partition coefficient (Wildman–Crippen LogP) is 5.46. The minimum atomic E-state index is -0.225. The molecule has 36 heavy (non-hydrogen) atoms. The Morgan fingerprint density at radius 1 is 0.750 bits per heavy atom. The zero-order valence-electron chi connectivity index (χ0n) is 21.7. The molecule has 3 aromatic carbocycles. The average Bonchev–Trinajstić information content (AvgIpc) is 2.93. The second-order valence-electron chi connectivity index (χ2n) is 9.98. The van der Waals surface area contributed by atoms with Gasteiger partial charge in [-0.1, -0.05) is 105 Å². The van der Waals surface area contributed by atoms with Crippen LogP contribution in [-0.2, 0) is 30.7 Å². The molecule has 0 radical (unpaired) electrons. The summed E-state index contributed by atoms with van der Waals surface area (Å²) in [6.45, 7) is 7.29. The van der Waals surface area contributed by atoms with Crippen molar-refractivity contribution in [3.63, 3.8) is 0 Å². The molecule has 0 aromatic heterocycles. The number of nitrogens with zero attached hydrogens (tertiary/aromatic N) is 2. The molecule has 1 aliphatic heterocycles. The number of nitrogens with one attached hydrogen (secondary N) is 1. The van der Waals surface area contributed by atoms with Crippen LogP contribution in [0.15, 0.2) is 84.9 Å². The Labute approximate surface area is 217 Å². The quantitative estimate of drug-likeness (QED) is 0.347. The Kier molecular flexibility index (Phi) is 10.1. The molecule has 1 saturated heterocycles. The van der Waals surface area contributed by atoms with Gasteiger partial charge in [-0.2, -0.15) is 0 Å². The Bertz CT molecular complexity index is 1030. The number of rotatable bonds is 12. The molecular weight excluding hydrogens is 442 g/mol. The highest BCUT2D eigenvalue weighted by molar-refractivity contribution is 5.82. The lowest BCUT2D eigenvalue weighted by molar-refractivity contribution is -0.135. The van der Waals surface area contributed by atoms with E-state index < -0.39 is 0 Å². The number of hydrogen-bond donors (Lipinski definition) is 1. The van der Waals surface area contributed by atoms with E-state index in [1.165, 1.54) is 41.5 Å². The van der Waals surface area contributed by atoms with Gasteiger partial charge in [-0.3, -0.25) is 9.69 Å². The van der Waals surface area contributed by atoms with E-state index in [0.717, 1.165) is 39.1 Å². The van der Waals surface area contributed by atoms with E-state index in [4.69, 9.17) is 0 Å². The van der Waals surface area contributed by atoms with E-state index in [2.05, 4.69) is 101 Å². The Morgan fingerprint density at radius 3 is 2.00 bits per heavy atom. The number of carbonyl (C=O) groups is 1. The second-order valence-corrected chi connectivity index (χ2v) is 9.98. The lowest BCUT2D eigenvalue weighted by atomic mass is 10.0. The first-order chi connectivity index (χ1) is 17.7. The van der Waals surface area contributed by atoms with Crippen molar-refractivity contribution < 1.29 is 4.79 Å². The first kappa shape index (κ1) is 26.1. The van der Waals surface area contributed by atoms with Crippen LogP contribution in [0.2, 0.25) is 0 Å². The number of carbonyl (C=O) groups excluding carboxylic acids is 1. The number of aryl methyl sites for hydroxylation is 1. The van der Waals surface area contributed by atoms with Crippen LogP contribution in [0.1, 0.15) is 48.4 Å². The molecule has 4 nitrogen and oxygen atoms in total. The van der Waals surface area contributed by atoms with Crippen LogP contribution in [0.4, 0.5) is 0 Å². The highest BCUT2D eigenvalue weighted by Gasteiger charge is 2.27. The number of piperazine rings is 1. The standard InChI is InChI=1S/C32H41N3O/c1-2-3-6-11-27-16-18-29(19-17-27)25-33-31(24-28-12-7-4-8-13-28)32(36)35-22-20-34(21-23-35)26-30-14-9-5-10-15-30/h4-5,7-10,12-19,31,33H,2-3,6,11,20-26H2,1H3. The topological polar surface area (TPSA) is 35.6 Å². The molecule has 1 N–H and O–H groups in total. The van der Waals surface area contributed by atoms with Crippen LogP contribution in [-0.4, -0.2) is 47.9 Å². The molecule has 3 aromatic rings. The van der Waals surface area contributed by atoms with Gasteiger partial charge in [-0.05, 0) is 41.5 Å². The third-order valence-electron chi connectivity index (χ3n) is 7.16. The molecule has 1 atom stereocenters. The highest BCUT2D eigenvalue weighted by atomic mass is 16.2. The second kappa shape index (κ2) is 14.0. The summed E-state index contributed by atoms with van der Waals surface area (Å²) >= 11 is 0. The van der Waals surface area contributed by atoms with Crippen LogP contribution >= 0.6 is 0 Å². The number of benzene rings is 3. The van der Waals surface area contributed by atoms with Crippen LogP contribution in [0.5, 0.6) is 0 Å². The van der Waals surface area contributed by atoms with E-state index in [1.807, 2.05) is 6.07 Å². The van der Waals surface area contributed by atoms with Gasteiger partial charge in [-0.25, -0.2) is 0 Å². The molecule has 0 saturated carbocycles. The summed E-state index contributed by atoms with van der Waals surface area (Å²) < 4.78 is 0. The predicted molar refractivity (Wildman–Crippen MR) is 149 cm³/mol. The number of unbranched alkanes of at least 4 members (excludes halogenated alkanes) is 2. The lowest BCUT2D eigenvalue weighted by Gasteiger charge is -2.36. The molecule has 0 bridgehead atoms. The SMILES string of the molecule is CCCCCc1ccc(CNC(Cc2ccccc2)C(=O)N2CCN(Cc3ccccc3)CC2)cc1. The molecule has 1 amide bonds. The van der Waals surface area contributed by atoms with Crippen LogP contribution in [0.3, 0.4) is 0 Å². The fraction of sp³-hybridized carbons (Fsp3) is 0.406. The zero-order valence-corrected chi connectivity index (χ0v) is 21.7. The van der Waals surface area contributed by atoms with Crippen LogP contribution in [0, 0.1) is 0 Å². The monoisotopic (exact) mass is 483 g/mol. The van der Waals surface area contributed by atoms with E-state index in [9.17, 15) is 4.79 Å². The summed E-state index contributed by atoms with van der Waals surface area (Å²) in [5, 5.41) is 3.60. The number of hydrogen-bond acceptors (Lipinski definition) is 3. The maximum Gasteiger partial charge on any atom is 0.240 e. The minimum Gasteiger partial charge on any atom is -0.339 e. The molecule has 190 valence electrons. The van der Waals surface area contributed by atoms with Gasteiger partial charge in [0.15, 0.2) is 0 Å². The Balaban J connectivity index is 1.34. The van der Waals surface area contributed by atoms with Gasteiger partial charge < -0.3 is 10.2 Å². The molecule has 1 fully saturated rings. The first-order valence-corrected chi connectivity index (χ1v) is 13.6. The van der Waals surface area contributed by atoms with Crippen molar-refractivity contribution in [1.29, 1.82) is 0 Å². The minimum absolute atomic E-state index is 0.217. The maximum absolute atomic E-state index is 13.6. The van der Waals surface area contributed by atoms with Gasteiger partial charge in [0.2, 0.25) is 5.91 Å². The summed E-state index contributed by atoms with van der Waals surface area (Å²) in [5.74, 6) is 0.217. The fourth-order valence-corrected chi connectivity index (χ4v) is 4.93. The summed E-state index contributed by atoms with van der Waals surface area (Å²) in [4.78, 5) is 18.1. The molecule has 1 heterocycles. The van der Waals surface area contributed by atoms with Gasteiger partial charge >= 0.3 is 0 Å². The zero-order chi connectivity index (χ0) is 25.0. The molecule has 0 aliphatic carbocycles. The summed E-state index contributed by atoms with van der Waals surface area (Å²) in [6, 6.07) is 29.6. The highest BCUT2D eigenvalue weighted by Crippen LogP contribution is 2.13. The number of amides is 1. The van der Waals surface area contributed by atoms with Gasteiger partial charge in [0.1, 0.15) is 0 Å². The van der Waals surface area contributed by atoms with E-state index in [1.54, 1.807) is 0 Å².